The van der Waals surface area contributed by atoms with E-state index in [1.807, 2.05) is 36.4 Å². The zero-order valence-corrected chi connectivity index (χ0v) is 13.2. The molecule has 0 spiro atoms. The summed E-state index contributed by atoms with van der Waals surface area (Å²) in [5.41, 5.74) is 2.81. The van der Waals surface area contributed by atoms with Crippen molar-refractivity contribution in [2.24, 2.45) is 0 Å². The first-order valence-electron chi connectivity index (χ1n) is 8.14. The van der Waals surface area contributed by atoms with Crippen molar-refractivity contribution in [3.63, 3.8) is 0 Å². The second-order valence-corrected chi connectivity index (χ2v) is 6.17. The van der Waals surface area contributed by atoms with Crippen LogP contribution in [0, 0.1) is 17.1 Å². The quantitative estimate of drug-likeness (QED) is 0.777. The average molecular weight is 320 g/mol. The molecular formula is C19H17FN4. The molecule has 1 aliphatic heterocycles. The molecule has 1 atom stereocenters. The number of benzene rings is 2. The Balaban J connectivity index is 1.65. The molecule has 4 rings (SSSR count). The Morgan fingerprint density at radius 1 is 1.21 bits per heavy atom. The van der Waals surface area contributed by atoms with Crippen LogP contribution in [0.4, 0.5) is 10.1 Å². The zero-order valence-electron chi connectivity index (χ0n) is 13.2. The van der Waals surface area contributed by atoms with E-state index in [4.69, 9.17) is 4.98 Å². The predicted molar refractivity (Wildman–Crippen MR) is 91.4 cm³/mol. The number of fused-ring (bicyclic) bond motifs is 1. The largest absolute Gasteiger partial charge is 0.370 e. The molecule has 0 unspecified atom stereocenters. The van der Waals surface area contributed by atoms with Gasteiger partial charge in [-0.25, -0.2) is 9.37 Å². The number of piperidine rings is 1. The lowest BCUT2D eigenvalue weighted by molar-refractivity contribution is 0.494. The van der Waals surface area contributed by atoms with Crippen LogP contribution >= 0.6 is 0 Å². The van der Waals surface area contributed by atoms with Gasteiger partial charge in [0.15, 0.2) is 0 Å². The van der Waals surface area contributed by atoms with E-state index in [2.05, 4.69) is 9.88 Å². The monoisotopic (exact) mass is 320 g/mol. The Bertz CT molecular complexity index is 892. The molecule has 0 saturated carbocycles. The lowest BCUT2D eigenvalue weighted by Gasteiger charge is -2.34. The number of nitrogens with zero attached hydrogens (tertiary/aromatic N) is 3. The summed E-state index contributed by atoms with van der Waals surface area (Å²) in [6.45, 7) is 1.56. The van der Waals surface area contributed by atoms with Gasteiger partial charge >= 0.3 is 0 Å². The highest BCUT2D eigenvalue weighted by atomic mass is 19.1. The molecule has 2 heterocycles. The molecule has 3 aromatic rings. The van der Waals surface area contributed by atoms with E-state index in [0.29, 0.717) is 5.69 Å². The van der Waals surface area contributed by atoms with Crippen LogP contribution in [-0.4, -0.2) is 23.1 Å². The predicted octanol–water partition coefficient (Wildman–Crippen LogP) is 3.96. The molecule has 4 nitrogen and oxygen atoms in total. The highest BCUT2D eigenvalue weighted by Gasteiger charge is 2.26. The Kier molecular flexibility index (Phi) is 3.66. The third-order valence-electron chi connectivity index (χ3n) is 4.66. The number of imidazole rings is 1. The third-order valence-corrected chi connectivity index (χ3v) is 4.66. The van der Waals surface area contributed by atoms with E-state index in [-0.39, 0.29) is 11.5 Å². The highest BCUT2D eigenvalue weighted by Crippen LogP contribution is 2.31. The van der Waals surface area contributed by atoms with E-state index in [1.54, 1.807) is 6.07 Å². The van der Waals surface area contributed by atoms with E-state index >= 15 is 0 Å². The molecule has 0 aliphatic carbocycles. The number of hydrogen-bond donors (Lipinski definition) is 1. The molecule has 1 saturated heterocycles. The Morgan fingerprint density at radius 3 is 2.92 bits per heavy atom. The number of aromatic nitrogens is 2. The van der Waals surface area contributed by atoms with E-state index in [9.17, 15) is 9.65 Å². The normalized spacial score (nSPS) is 17.8. The Morgan fingerprint density at radius 2 is 2.08 bits per heavy atom. The molecule has 1 N–H and O–H groups in total. The fourth-order valence-electron chi connectivity index (χ4n) is 3.47. The number of nitriles is 1. The summed E-state index contributed by atoms with van der Waals surface area (Å²) in [5, 5.41) is 9.27. The lowest BCUT2D eigenvalue weighted by atomic mass is 9.96. The second-order valence-electron chi connectivity index (χ2n) is 6.17. The van der Waals surface area contributed by atoms with Crippen LogP contribution in [0.5, 0.6) is 0 Å². The minimum absolute atomic E-state index is 0.128. The van der Waals surface area contributed by atoms with Crippen LogP contribution in [0.25, 0.3) is 11.0 Å². The molecule has 24 heavy (non-hydrogen) atoms. The summed E-state index contributed by atoms with van der Waals surface area (Å²) in [4.78, 5) is 10.2. The number of rotatable bonds is 2. The van der Waals surface area contributed by atoms with Gasteiger partial charge in [0.25, 0.3) is 0 Å². The van der Waals surface area contributed by atoms with Gasteiger partial charge in [0, 0.05) is 19.0 Å². The summed E-state index contributed by atoms with van der Waals surface area (Å²) >= 11 is 0. The van der Waals surface area contributed by atoms with Gasteiger partial charge in [0.2, 0.25) is 0 Å². The van der Waals surface area contributed by atoms with Gasteiger partial charge in [-0.2, -0.15) is 5.26 Å². The number of hydrogen-bond acceptors (Lipinski definition) is 3. The van der Waals surface area contributed by atoms with Gasteiger partial charge < -0.3 is 9.88 Å². The first-order valence-corrected chi connectivity index (χ1v) is 8.14. The van der Waals surface area contributed by atoms with Crippen molar-refractivity contribution in [2.75, 3.05) is 18.0 Å². The summed E-state index contributed by atoms with van der Waals surface area (Å²) in [7, 11) is 0. The third kappa shape index (κ3) is 2.50. The molecule has 5 heteroatoms. The van der Waals surface area contributed by atoms with Crippen molar-refractivity contribution >= 4 is 16.7 Å². The smallest absolute Gasteiger partial charge is 0.143 e. The number of halogens is 1. The summed E-state index contributed by atoms with van der Waals surface area (Å²) in [6, 6.07) is 14.8. The highest BCUT2D eigenvalue weighted by molar-refractivity contribution is 5.74. The van der Waals surface area contributed by atoms with Gasteiger partial charge in [0.1, 0.15) is 23.3 Å². The summed E-state index contributed by atoms with van der Waals surface area (Å²) < 4.78 is 13.9. The SMILES string of the molecule is N#Cc1c(F)cccc1N1CCC[C@H](c2nc3ccccc3[nH]2)C1. The van der Waals surface area contributed by atoms with E-state index in [1.165, 1.54) is 6.07 Å². The molecule has 0 amide bonds. The van der Waals surface area contributed by atoms with Gasteiger partial charge in [-0.1, -0.05) is 18.2 Å². The molecule has 0 bridgehead atoms. The average Bonchev–Trinajstić information content (AvgIpc) is 3.06. The van der Waals surface area contributed by atoms with Crippen molar-refractivity contribution < 1.29 is 4.39 Å². The van der Waals surface area contributed by atoms with Crippen molar-refractivity contribution in [2.45, 2.75) is 18.8 Å². The lowest BCUT2D eigenvalue weighted by Crippen LogP contribution is -2.35. The maximum atomic E-state index is 13.9. The Labute approximate surface area is 139 Å². The zero-order chi connectivity index (χ0) is 16.5. The van der Waals surface area contributed by atoms with Crippen molar-refractivity contribution in [3.8, 4) is 6.07 Å². The number of para-hydroxylation sites is 2. The van der Waals surface area contributed by atoms with Gasteiger partial charge in [-0.3, -0.25) is 0 Å². The van der Waals surface area contributed by atoms with Gasteiger partial charge in [-0.05, 0) is 37.1 Å². The molecule has 1 aromatic heterocycles. The molecule has 120 valence electrons. The van der Waals surface area contributed by atoms with E-state index in [0.717, 1.165) is 42.8 Å². The van der Waals surface area contributed by atoms with Crippen LogP contribution in [0.2, 0.25) is 0 Å². The van der Waals surface area contributed by atoms with Crippen molar-refractivity contribution in [1.82, 2.24) is 9.97 Å². The van der Waals surface area contributed by atoms with Crippen LogP contribution < -0.4 is 4.90 Å². The van der Waals surface area contributed by atoms with Crippen LogP contribution in [0.3, 0.4) is 0 Å². The molecule has 0 radical (unpaired) electrons. The van der Waals surface area contributed by atoms with Crippen LogP contribution in [0.15, 0.2) is 42.5 Å². The number of H-pyrrole nitrogens is 1. The summed E-state index contributed by atoms with van der Waals surface area (Å²) in [6.07, 6.45) is 2.02. The molecule has 1 fully saturated rings. The first kappa shape index (κ1) is 14.7. The topological polar surface area (TPSA) is 55.7 Å². The van der Waals surface area contributed by atoms with Gasteiger partial charge in [-0.15, -0.1) is 0 Å². The fourth-order valence-corrected chi connectivity index (χ4v) is 3.47. The van der Waals surface area contributed by atoms with Crippen molar-refractivity contribution in [1.29, 1.82) is 5.26 Å². The number of anilines is 1. The maximum Gasteiger partial charge on any atom is 0.143 e. The van der Waals surface area contributed by atoms with E-state index < -0.39 is 5.82 Å². The summed E-state index contributed by atoms with van der Waals surface area (Å²) in [5.74, 6) is 0.762. The number of aromatic amines is 1. The number of nitrogens with one attached hydrogen (secondary N) is 1. The van der Waals surface area contributed by atoms with Crippen LogP contribution in [-0.2, 0) is 0 Å². The maximum absolute atomic E-state index is 13.9. The standard InChI is InChI=1S/C19H17FN4/c20-15-6-3-9-18(14(15)11-21)24-10-4-5-13(12-24)19-22-16-7-1-2-8-17(16)23-19/h1-3,6-9,13H,4-5,10,12H2,(H,22,23)/t13-/m0/s1. The molecule has 1 aliphatic rings. The minimum Gasteiger partial charge on any atom is -0.370 e. The van der Waals surface area contributed by atoms with Crippen LogP contribution in [0.1, 0.15) is 30.1 Å². The van der Waals surface area contributed by atoms with Crippen molar-refractivity contribution in [3.05, 3.63) is 59.7 Å². The molecular weight excluding hydrogens is 303 g/mol. The Hall–Kier alpha value is -2.87. The molecule has 2 aromatic carbocycles. The minimum atomic E-state index is -0.458. The van der Waals surface area contributed by atoms with Gasteiger partial charge in [0.05, 0.1) is 16.7 Å². The second kappa shape index (κ2) is 5.97. The fraction of sp³-hybridized carbons (Fsp3) is 0.263. The first-order chi connectivity index (χ1) is 11.8.